The van der Waals surface area contributed by atoms with Gasteiger partial charge in [0, 0.05) is 12.6 Å². The van der Waals surface area contributed by atoms with Crippen LogP contribution in [-0.4, -0.2) is 28.4 Å². The number of benzene rings is 1. The molecule has 1 saturated carbocycles. The highest BCUT2D eigenvalue weighted by Gasteiger charge is 2.41. The maximum absolute atomic E-state index is 13.5. The van der Waals surface area contributed by atoms with Gasteiger partial charge in [-0.2, -0.15) is 0 Å². The maximum Gasteiger partial charge on any atom is 0.276 e. The van der Waals surface area contributed by atoms with Crippen molar-refractivity contribution in [2.45, 2.75) is 31.9 Å². The Hall–Kier alpha value is -2.37. The number of hydrogen-bond acceptors (Lipinski definition) is 4. The number of amides is 1. The van der Waals surface area contributed by atoms with Crippen LogP contribution in [0.1, 0.15) is 35.6 Å². The van der Waals surface area contributed by atoms with Crippen LogP contribution in [0.5, 0.6) is 5.75 Å². The number of likely N-dealkylation sites (tertiary alicyclic amines) is 1. The maximum atomic E-state index is 13.5. The molecule has 4 rings (SSSR count). The number of ether oxygens (including phenoxy) is 1. The van der Waals surface area contributed by atoms with E-state index in [1.807, 2.05) is 4.90 Å². The Morgan fingerprint density at radius 2 is 2.26 bits per heavy atom. The topological polar surface area (TPSA) is 55.6 Å². The van der Waals surface area contributed by atoms with Crippen LogP contribution in [0.2, 0.25) is 0 Å². The van der Waals surface area contributed by atoms with Crippen LogP contribution in [0.3, 0.4) is 0 Å². The molecule has 0 N–H and O–H groups in total. The summed E-state index contributed by atoms with van der Waals surface area (Å²) in [5, 5.41) is 0. The number of carbonyl (C=O) groups excluding carboxylic acids is 1. The minimum absolute atomic E-state index is 0.0136. The summed E-state index contributed by atoms with van der Waals surface area (Å²) in [7, 11) is 0. The summed E-state index contributed by atoms with van der Waals surface area (Å²) in [6, 6.07) is 6.48. The van der Waals surface area contributed by atoms with E-state index in [9.17, 15) is 9.18 Å². The molecule has 1 aliphatic heterocycles. The van der Waals surface area contributed by atoms with E-state index in [0.29, 0.717) is 17.7 Å². The van der Waals surface area contributed by atoms with Crippen LogP contribution in [0.15, 0.2) is 34.9 Å². The Morgan fingerprint density at radius 1 is 1.39 bits per heavy atom. The molecular formula is C17H17FN2O3. The number of piperidine rings is 1. The van der Waals surface area contributed by atoms with Gasteiger partial charge in [-0.3, -0.25) is 4.79 Å². The standard InChI is InChI=1S/C17H17FN2O3/c18-13-3-1-2-4-15(13)22-10-16-19-14(9-23-16)17(21)20-8-11-5-6-12(20)7-11/h1-4,9,11-12H,5-8,10H2/t11-,12-/m0/s1. The predicted octanol–water partition coefficient (Wildman–Crippen LogP) is 3.02. The molecule has 2 atom stereocenters. The zero-order valence-electron chi connectivity index (χ0n) is 12.6. The summed E-state index contributed by atoms with van der Waals surface area (Å²) in [5.74, 6) is 0.512. The minimum atomic E-state index is -0.441. The van der Waals surface area contributed by atoms with Gasteiger partial charge in [0.05, 0.1) is 0 Å². The van der Waals surface area contributed by atoms with Gasteiger partial charge in [0.15, 0.2) is 23.9 Å². The largest absolute Gasteiger partial charge is 0.481 e. The van der Waals surface area contributed by atoms with E-state index in [1.165, 1.54) is 24.8 Å². The summed E-state index contributed by atoms with van der Waals surface area (Å²) < 4.78 is 24.1. The lowest BCUT2D eigenvalue weighted by atomic mass is 10.1. The van der Waals surface area contributed by atoms with Gasteiger partial charge in [-0.1, -0.05) is 12.1 Å². The van der Waals surface area contributed by atoms with Crippen molar-refractivity contribution >= 4 is 5.91 Å². The molecule has 0 unspecified atom stereocenters. The van der Waals surface area contributed by atoms with Gasteiger partial charge < -0.3 is 14.1 Å². The molecule has 6 heteroatoms. The number of fused-ring (bicyclic) bond motifs is 2. The van der Waals surface area contributed by atoms with Crippen LogP contribution in [0.25, 0.3) is 0 Å². The zero-order valence-corrected chi connectivity index (χ0v) is 12.6. The zero-order chi connectivity index (χ0) is 15.8. The molecular weight excluding hydrogens is 299 g/mol. The van der Waals surface area contributed by atoms with Gasteiger partial charge in [0.2, 0.25) is 5.89 Å². The number of nitrogens with zero attached hydrogens (tertiary/aromatic N) is 2. The van der Waals surface area contributed by atoms with Crippen LogP contribution in [0.4, 0.5) is 4.39 Å². The van der Waals surface area contributed by atoms with Crippen LogP contribution < -0.4 is 4.74 Å². The predicted molar refractivity (Wildman–Crippen MR) is 79.4 cm³/mol. The van der Waals surface area contributed by atoms with Gasteiger partial charge in [-0.25, -0.2) is 9.37 Å². The first-order valence-corrected chi connectivity index (χ1v) is 7.83. The highest BCUT2D eigenvalue weighted by Crippen LogP contribution is 2.37. The lowest BCUT2D eigenvalue weighted by Gasteiger charge is -2.25. The normalized spacial score (nSPS) is 22.6. The molecule has 1 amide bonds. The fourth-order valence-corrected chi connectivity index (χ4v) is 3.50. The molecule has 2 heterocycles. The Labute approximate surface area is 133 Å². The lowest BCUT2D eigenvalue weighted by Crippen LogP contribution is -2.37. The third-order valence-corrected chi connectivity index (χ3v) is 4.63. The van der Waals surface area contributed by atoms with E-state index >= 15 is 0 Å². The highest BCUT2D eigenvalue weighted by molar-refractivity contribution is 5.92. The smallest absolute Gasteiger partial charge is 0.276 e. The average Bonchev–Trinajstić information content (AvgIpc) is 3.30. The third kappa shape index (κ3) is 2.69. The highest BCUT2D eigenvalue weighted by atomic mass is 19.1. The van der Waals surface area contributed by atoms with Crippen molar-refractivity contribution in [2.75, 3.05) is 6.54 Å². The quantitative estimate of drug-likeness (QED) is 0.870. The van der Waals surface area contributed by atoms with E-state index in [4.69, 9.17) is 9.15 Å². The Balaban J connectivity index is 1.41. The van der Waals surface area contributed by atoms with Crippen molar-refractivity contribution in [2.24, 2.45) is 5.92 Å². The number of aromatic nitrogens is 1. The molecule has 0 radical (unpaired) electrons. The second kappa shape index (κ2) is 5.68. The number of carbonyl (C=O) groups is 1. The summed E-state index contributed by atoms with van der Waals surface area (Å²) in [4.78, 5) is 18.6. The van der Waals surface area contributed by atoms with Gasteiger partial charge in [-0.05, 0) is 37.3 Å². The van der Waals surface area contributed by atoms with Gasteiger partial charge in [-0.15, -0.1) is 0 Å². The summed E-state index contributed by atoms with van der Waals surface area (Å²) in [6.07, 6.45) is 4.76. The van der Waals surface area contributed by atoms with Crippen molar-refractivity contribution < 1.29 is 18.3 Å². The van der Waals surface area contributed by atoms with Crippen molar-refractivity contribution in [3.05, 3.63) is 47.9 Å². The average molecular weight is 316 g/mol. The lowest BCUT2D eigenvalue weighted by molar-refractivity contribution is 0.0697. The molecule has 2 fully saturated rings. The number of halogens is 1. The first-order chi connectivity index (χ1) is 11.2. The molecule has 0 spiro atoms. The molecule has 2 aromatic rings. The minimum Gasteiger partial charge on any atom is -0.481 e. The summed E-state index contributed by atoms with van der Waals surface area (Å²) >= 11 is 0. The van der Waals surface area contributed by atoms with E-state index in [-0.39, 0.29) is 24.2 Å². The van der Waals surface area contributed by atoms with Gasteiger partial charge >= 0.3 is 0 Å². The van der Waals surface area contributed by atoms with E-state index in [2.05, 4.69) is 4.98 Å². The first-order valence-electron chi connectivity index (χ1n) is 7.83. The number of para-hydroxylation sites is 1. The molecule has 1 aliphatic carbocycles. The van der Waals surface area contributed by atoms with Gasteiger partial charge in [0.25, 0.3) is 5.91 Å². The Kier molecular flexibility index (Phi) is 3.52. The van der Waals surface area contributed by atoms with Crippen molar-refractivity contribution in [1.29, 1.82) is 0 Å². The molecule has 120 valence electrons. The van der Waals surface area contributed by atoms with E-state index in [0.717, 1.165) is 19.4 Å². The first kappa shape index (κ1) is 14.2. The third-order valence-electron chi connectivity index (χ3n) is 4.63. The van der Waals surface area contributed by atoms with Crippen molar-refractivity contribution in [3.63, 3.8) is 0 Å². The molecule has 1 saturated heterocycles. The van der Waals surface area contributed by atoms with Crippen LogP contribution in [0, 0.1) is 11.7 Å². The monoisotopic (exact) mass is 316 g/mol. The molecule has 5 nitrogen and oxygen atoms in total. The number of oxazole rings is 1. The second-order valence-electron chi connectivity index (χ2n) is 6.14. The Bertz CT molecular complexity index is 730. The molecule has 1 aromatic heterocycles. The van der Waals surface area contributed by atoms with Crippen molar-refractivity contribution in [1.82, 2.24) is 9.88 Å². The SMILES string of the molecule is O=C(c1coc(COc2ccccc2F)n1)N1C[C@H]2CC[C@H]1C2. The van der Waals surface area contributed by atoms with Crippen LogP contribution in [-0.2, 0) is 6.61 Å². The molecule has 1 aromatic carbocycles. The molecule has 23 heavy (non-hydrogen) atoms. The fraction of sp³-hybridized carbons (Fsp3) is 0.412. The summed E-state index contributed by atoms with van der Waals surface area (Å²) in [5.41, 5.74) is 0.296. The van der Waals surface area contributed by atoms with Crippen LogP contribution >= 0.6 is 0 Å². The second-order valence-corrected chi connectivity index (χ2v) is 6.14. The molecule has 2 bridgehead atoms. The number of rotatable bonds is 4. The summed E-state index contributed by atoms with van der Waals surface area (Å²) in [6.45, 7) is 0.803. The fourth-order valence-electron chi connectivity index (χ4n) is 3.50. The molecule has 2 aliphatic rings. The van der Waals surface area contributed by atoms with E-state index in [1.54, 1.807) is 12.1 Å². The van der Waals surface area contributed by atoms with Crippen molar-refractivity contribution in [3.8, 4) is 5.75 Å². The Morgan fingerprint density at radius 3 is 3.00 bits per heavy atom. The number of hydrogen-bond donors (Lipinski definition) is 0. The van der Waals surface area contributed by atoms with E-state index < -0.39 is 5.82 Å². The van der Waals surface area contributed by atoms with Gasteiger partial charge in [0.1, 0.15) is 6.26 Å².